The van der Waals surface area contributed by atoms with Crippen molar-refractivity contribution in [2.45, 2.75) is 11.8 Å². The number of phenols is 1. The predicted molar refractivity (Wildman–Crippen MR) is 194 cm³/mol. The van der Waals surface area contributed by atoms with Crippen molar-refractivity contribution in [1.82, 2.24) is 0 Å². The van der Waals surface area contributed by atoms with Gasteiger partial charge in [0.1, 0.15) is 11.5 Å². The Bertz CT molecular complexity index is 1940. The zero-order valence-corrected chi connectivity index (χ0v) is 26.2. The number of hydrogen-bond acceptors (Lipinski definition) is 3. The zero-order chi connectivity index (χ0) is 32.0. The molecule has 0 aliphatic rings. The van der Waals surface area contributed by atoms with E-state index in [4.69, 9.17) is 9.73 Å². The van der Waals surface area contributed by atoms with Crippen molar-refractivity contribution in [2.24, 2.45) is 4.99 Å². The van der Waals surface area contributed by atoms with Gasteiger partial charge in [-0.2, -0.15) is 0 Å². The normalized spacial score (nSPS) is 11.5. The Labute approximate surface area is 276 Å². The Hall–Kier alpha value is -5.93. The summed E-state index contributed by atoms with van der Waals surface area (Å²) in [4.78, 5) is 5.32. The number of methoxy groups -OCH3 is 1. The van der Waals surface area contributed by atoms with Gasteiger partial charge in [0.25, 0.3) is 0 Å². The molecular formula is C44H35NO2. The van der Waals surface area contributed by atoms with Gasteiger partial charge in [0.15, 0.2) is 0 Å². The molecule has 7 rings (SSSR count). The van der Waals surface area contributed by atoms with Crippen LogP contribution in [0.5, 0.6) is 11.5 Å². The Balaban J connectivity index is 1.54. The number of nitrogens with zero attached hydrogens (tertiary/aromatic N) is 1. The van der Waals surface area contributed by atoms with E-state index < -0.39 is 0 Å². The van der Waals surface area contributed by atoms with Gasteiger partial charge in [0.2, 0.25) is 0 Å². The van der Waals surface area contributed by atoms with Gasteiger partial charge in [-0.3, -0.25) is 4.99 Å². The van der Waals surface area contributed by atoms with Gasteiger partial charge in [-0.25, -0.2) is 0 Å². The third kappa shape index (κ3) is 6.16. The standard InChI is InChI=1S/C44H35NO2/c1-47-37-28-39(41(32-17-6-2-7-18-32)33-19-8-3-9-20-33)43(45-30-36-27-26-31-16-14-15-25-38(31)44(36)46)40(29-37)42(34-21-10-4-11-22-34)35-23-12-5-13-24-35/h2-30,41-42,46H,1H3. The number of phenolic OH excluding ortho intramolecular Hbond substituents is 1. The molecule has 3 heteroatoms. The van der Waals surface area contributed by atoms with E-state index in [1.54, 1.807) is 13.3 Å². The van der Waals surface area contributed by atoms with Crippen molar-refractivity contribution >= 4 is 22.7 Å². The minimum Gasteiger partial charge on any atom is -0.507 e. The molecule has 0 atom stereocenters. The smallest absolute Gasteiger partial charge is 0.132 e. The highest BCUT2D eigenvalue weighted by atomic mass is 16.5. The Kier molecular flexibility index (Phi) is 8.61. The van der Waals surface area contributed by atoms with Crippen LogP contribution < -0.4 is 4.74 Å². The summed E-state index contributed by atoms with van der Waals surface area (Å²) in [6, 6.07) is 58.3. The van der Waals surface area contributed by atoms with E-state index in [0.717, 1.165) is 55.6 Å². The summed E-state index contributed by atoms with van der Waals surface area (Å²) in [5.41, 5.74) is 8.14. The van der Waals surface area contributed by atoms with Crippen LogP contribution in [0.2, 0.25) is 0 Å². The van der Waals surface area contributed by atoms with Crippen LogP contribution in [-0.2, 0) is 0 Å². The summed E-state index contributed by atoms with van der Waals surface area (Å²) in [7, 11) is 1.72. The second-order valence-electron chi connectivity index (χ2n) is 11.6. The van der Waals surface area contributed by atoms with Crippen LogP contribution in [0.1, 0.15) is 50.8 Å². The summed E-state index contributed by atoms with van der Waals surface area (Å²) in [6.07, 6.45) is 1.80. The lowest BCUT2D eigenvalue weighted by atomic mass is 9.79. The molecule has 0 saturated carbocycles. The maximum Gasteiger partial charge on any atom is 0.132 e. The highest BCUT2D eigenvalue weighted by Gasteiger charge is 2.28. The van der Waals surface area contributed by atoms with Gasteiger partial charge in [-0.15, -0.1) is 0 Å². The van der Waals surface area contributed by atoms with Crippen molar-refractivity contribution in [3.05, 3.63) is 209 Å². The first-order valence-corrected chi connectivity index (χ1v) is 15.9. The Morgan fingerprint density at radius 1 is 0.532 bits per heavy atom. The van der Waals surface area contributed by atoms with Crippen LogP contribution in [0, 0.1) is 0 Å². The van der Waals surface area contributed by atoms with E-state index in [1.165, 1.54) is 0 Å². The second-order valence-corrected chi connectivity index (χ2v) is 11.6. The van der Waals surface area contributed by atoms with Crippen LogP contribution in [-0.4, -0.2) is 18.4 Å². The molecule has 0 aromatic heterocycles. The highest BCUT2D eigenvalue weighted by molar-refractivity contribution is 5.98. The molecule has 7 aromatic carbocycles. The summed E-state index contributed by atoms with van der Waals surface area (Å²) >= 11 is 0. The Morgan fingerprint density at radius 3 is 1.40 bits per heavy atom. The monoisotopic (exact) mass is 609 g/mol. The molecule has 0 heterocycles. The summed E-state index contributed by atoms with van der Waals surface area (Å²) in [6.45, 7) is 0. The first-order valence-electron chi connectivity index (χ1n) is 15.9. The Morgan fingerprint density at radius 2 is 0.957 bits per heavy atom. The molecule has 47 heavy (non-hydrogen) atoms. The zero-order valence-electron chi connectivity index (χ0n) is 26.2. The van der Waals surface area contributed by atoms with Crippen LogP contribution in [0.3, 0.4) is 0 Å². The molecule has 0 aliphatic carbocycles. The lowest BCUT2D eigenvalue weighted by Gasteiger charge is -2.27. The molecule has 0 spiro atoms. The molecule has 228 valence electrons. The van der Waals surface area contributed by atoms with Crippen molar-refractivity contribution in [2.75, 3.05) is 7.11 Å². The lowest BCUT2D eigenvalue weighted by Crippen LogP contribution is -2.09. The van der Waals surface area contributed by atoms with Crippen LogP contribution in [0.25, 0.3) is 10.8 Å². The molecule has 7 aromatic rings. The van der Waals surface area contributed by atoms with Gasteiger partial charge in [-0.1, -0.05) is 152 Å². The molecule has 0 aliphatic heterocycles. The molecule has 0 saturated heterocycles. The number of benzene rings is 7. The third-order valence-corrected chi connectivity index (χ3v) is 8.80. The fraction of sp³-hybridized carbons (Fsp3) is 0.0682. The fourth-order valence-corrected chi connectivity index (χ4v) is 6.55. The van der Waals surface area contributed by atoms with Crippen molar-refractivity contribution < 1.29 is 9.84 Å². The summed E-state index contributed by atoms with van der Waals surface area (Å²) in [5, 5.41) is 13.1. The van der Waals surface area contributed by atoms with Gasteiger partial charge in [-0.05, 0) is 57.0 Å². The predicted octanol–water partition coefficient (Wildman–Crippen LogP) is 10.7. The first-order chi connectivity index (χ1) is 23.2. The number of fused-ring (bicyclic) bond motifs is 1. The number of hydrogen-bond donors (Lipinski definition) is 1. The molecular weight excluding hydrogens is 574 g/mol. The second kappa shape index (κ2) is 13.6. The minimum absolute atomic E-state index is 0.129. The third-order valence-electron chi connectivity index (χ3n) is 8.80. The van der Waals surface area contributed by atoms with Crippen molar-refractivity contribution in [1.29, 1.82) is 0 Å². The average Bonchev–Trinajstić information content (AvgIpc) is 3.14. The molecule has 0 radical (unpaired) electrons. The van der Waals surface area contributed by atoms with E-state index in [1.807, 2.05) is 60.7 Å². The van der Waals surface area contributed by atoms with Gasteiger partial charge < -0.3 is 9.84 Å². The topological polar surface area (TPSA) is 41.8 Å². The highest BCUT2D eigenvalue weighted by Crippen LogP contribution is 2.46. The average molecular weight is 610 g/mol. The van der Waals surface area contributed by atoms with Crippen molar-refractivity contribution in [3.8, 4) is 11.5 Å². The molecule has 1 N–H and O–H groups in total. The molecule has 3 nitrogen and oxygen atoms in total. The lowest BCUT2D eigenvalue weighted by molar-refractivity contribution is 0.413. The molecule has 0 amide bonds. The maximum atomic E-state index is 11.4. The molecule has 0 fully saturated rings. The van der Waals surface area contributed by atoms with Crippen LogP contribution >= 0.6 is 0 Å². The molecule has 0 bridgehead atoms. The first kappa shape index (κ1) is 29.8. The summed E-state index contributed by atoms with van der Waals surface area (Å²) in [5.74, 6) is 0.719. The number of aliphatic imine (C=N–C) groups is 1. The largest absolute Gasteiger partial charge is 0.507 e. The number of ether oxygens (including phenoxy) is 1. The summed E-state index contributed by atoms with van der Waals surface area (Å²) < 4.78 is 6.03. The van der Waals surface area contributed by atoms with E-state index in [0.29, 0.717) is 5.56 Å². The van der Waals surface area contributed by atoms with Crippen molar-refractivity contribution in [3.63, 3.8) is 0 Å². The SMILES string of the molecule is COc1cc(C(c2ccccc2)c2ccccc2)c(N=Cc2ccc3ccccc3c2O)c(C(c2ccccc2)c2ccccc2)c1. The molecule has 0 unspecified atom stereocenters. The van der Waals surface area contributed by atoms with Crippen LogP contribution in [0.4, 0.5) is 5.69 Å². The van der Waals surface area contributed by atoms with E-state index in [9.17, 15) is 5.11 Å². The minimum atomic E-state index is -0.129. The van der Waals surface area contributed by atoms with E-state index >= 15 is 0 Å². The van der Waals surface area contributed by atoms with Gasteiger partial charge in [0, 0.05) is 29.0 Å². The number of aromatic hydroxyl groups is 1. The van der Waals surface area contributed by atoms with Crippen LogP contribution in [0.15, 0.2) is 175 Å². The van der Waals surface area contributed by atoms with Gasteiger partial charge in [0.05, 0.1) is 12.8 Å². The fourth-order valence-electron chi connectivity index (χ4n) is 6.55. The quantitative estimate of drug-likeness (QED) is 0.131. The van der Waals surface area contributed by atoms with E-state index in [2.05, 4.69) is 109 Å². The maximum absolute atomic E-state index is 11.4. The number of rotatable bonds is 9. The van der Waals surface area contributed by atoms with Gasteiger partial charge >= 0.3 is 0 Å². The van der Waals surface area contributed by atoms with E-state index in [-0.39, 0.29) is 17.6 Å².